The number of benzene rings is 2. The average molecular weight is 439 g/mol. The van der Waals surface area contributed by atoms with E-state index in [1.807, 2.05) is 0 Å². The van der Waals surface area contributed by atoms with E-state index in [-0.39, 0.29) is 34.8 Å². The lowest BCUT2D eigenvalue weighted by molar-refractivity contribution is 0.0948. The molecule has 1 unspecified atom stereocenters. The van der Waals surface area contributed by atoms with Crippen LogP contribution in [0.2, 0.25) is 0 Å². The molecule has 2 aromatic carbocycles. The van der Waals surface area contributed by atoms with Crippen LogP contribution in [0.15, 0.2) is 53.4 Å². The molecule has 1 heterocycles. The van der Waals surface area contributed by atoms with Crippen molar-refractivity contribution in [3.8, 4) is 5.75 Å². The number of methoxy groups -OCH3 is 1. The summed E-state index contributed by atoms with van der Waals surface area (Å²) in [6.45, 7) is 0.271. The average Bonchev–Trinajstić information content (AvgIpc) is 3.05. The monoisotopic (exact) mass is 438 g/mol. The molecule has 1 fully saturated rings. The third-order valence-electron chi connectivity index (χ3n) is 4.66. The zero-order chi connectivity index (χ0) is 21.1. The Hall–Kier alpha value is -2.59. The third-order valence-corrected chi connectivity index (χ3v) is 7.87. The summed E-state index contributed by atoms with van der Waals surface area (Å²) in [5.74, 6) is 0.156. The second kappa shape index (κ2) is 8.42. The lowest BCUT2D eigenvalue weighted by Gasteiger charge is -2.12. The minimum atomic E-state index is -3.86. The highest BCUT2D eigenvalue weighted by Crippen LogP contribution is 2.26. The molecule has 156 valence electrons. The highest BCUT2D eigenvalue weighted by molar-refractivity contribution is 7.92. The van der Waals surface area contributed by atoms with Crippen molar-refractivity contribution in [2.24, 2.45) is 5.92 Å². The molecule has 0 aliphatic carbocycles. The van der Waals surface area contributed by atoms with Gasteiger partial charge in [-0.2, -0.15) is 0 Å². The molecule has 0 saturated carbocycles. The number of rotatable bonds is 7. The highest BCUT2D eigenvalue weighted by atomic mass is 32.2. The van der Waals surface area contributed by atoms with E-state index in [0.29, 0.717) is 23.4 Å². The Morgan fingerprint density at radius 1 is 1.14 bits per heavy atom. The van der Waals surface area contributed by atoms with Crippen LogP contribution in [0.5, 0.6) is 5.75 Å². The van der Waals surface area contributed by atoms with Crippen molar-refractivity contribution in [2.75, 3.05) is 29.9 Å². The van der Waals surface area contributed by atoms with E-state index in [1.165, 1.54) is 31.4 Å². The predicted molar refractivity (Wildman–Crippen MR) is 109 cm³/mol. The summed E-state index contributed by atoms with van der Waals surface area (Å²) in [7, 11) is -5.40. The van der Waals surface area contributed by atoms with Gasteiger partial charge in [0, 0.05) is 12.1 Å². The van der Waals surface area contributed by atoms with Gasteiger partial charge in [0.05, 0.1) is 29.2 Å². The summed E-state index contributed by atoms with van der Waals surface area (Å²) >= 11 is 0. The molecule has 1 amide bonds. The van der Waals surface area contributed by atoms with E-state index in [9.17, 15) is 21.6 Å². The van der Waals surface area contributed by atoms with Gasteiger partial charge in [0.25, 0.3) is 15.9 Å². The van der Waals surface area contributed by atoms with Crippen LogP contribution in [0.25, 0.3) is 0 Å². The molecule has 1 atom stereocenters. The van der Waals surface area contributed by atoms with E-state index in [4.69, 9.17) is 4.74 Å². The summed E-state index contributed by atoms with van der Waals surface area (Å²) in [6.07, 6.45) is 0.536. The fraction of sp³-hybridized carbons (Fsp3) is 0.316. The van der Waals surface area contributed by atoms with Crippen molar-refractivity contribution in [3.05, 3.63) is 54.1 Å². The fourth-order valence-electron chi connectivity index (χ4n) is 3.09. The van der Waals surface area contributed by atoms with E-state index < -0.39 is 19.9 Å². The number of hydrogen-bond donors (Lipinski definition) is 2. The van der Waals surface area contributed by atoms with Gasteiger partial charge in [0.2, 0.25) is 0 Å². The van der Waals surface area contributed by atoms with Crippen LogP contribution in [0, 0.1) is 5.92 Å². The molecule has 0 spiro atoms. The van der Waals surface area contributed by atoms with Crippen molar-refractivity contribution in [3.63, 3.8) is 0 Å². The first-order valence-electron chi connectivity index (χ1n) is 8.95. The van der Waals surface area contributed by atoms with Gasteiger partial charge >= 0.3 is 0 Å². The van der Waals surface area contributed by atoms with Crippen molar-refractivity contribution in [1.82, 2.24) is 5.32 Å². The topological polar surface area (TPSA) is 119 Å². The van der Waals surface area contributed by atoms with Crippen molar-refractivity contribution < 1.29 is 26.4 Å². The first-order chi connectivity index (χ1) is 13.7. The number of carbonyl (C=O) groups excluding carboxylic acids is 1. The van der Waals surface area contributed by atoms with Gasteiger partial charge in [0.1, 0.15) is 5.75 Å². The number of carbonyl (C=O) groups is 1. The van der Waals surface area contributed by atoms with E-state index in [1.54, 1.807) is 24.3 Å². The zero-order valence-corrected chi connectivity index (χ0v) is 17.4. The van der Waals surface area contributed by atoms with Gasteiger partial charge in [-0.05, 0) is 48.7 Å². The molecule has 0 radical (unpaired) electrons. The molecule has 2 N–H and O–H groups in total. The maximum absolute atomic E-state index is 12.6. The second-order valence-electron chi connectivity index (χ2n) is 6.81. The lowest BCUT2D eigenvalue weighted by Crippen LogP contribution is -2.29. The Morgan fingerprint density at radius 2 is 1.83 bits per heavy atom. The van der Waals surface area contributed by atoms with Crippen LogP contribution < -0.4 is 14.8 Å². The number of para-hydroxylation sites is 2. The number of anilines is 1. The van der Waals surface area contributed by atoms with E-state index in [2.05, 4.69) is 10.0 Å². The molecule has 29 heavy (non-hydrogen) atoms. The normalized spacial score (nSPS) is 18.2. The summed E-state index contributed by atoms with van der Waals surface area (Å²) in [4.78, 5) is 12.3. The Balaban J connectivity index is 1.65. The molecule has 0 aromatic heterocycles. The quantitative estimate of drug-likeness (QED) is 0.679. The first kappa shape index (κ1) is 21.1. The SMILES string of the molecule is COc1ccccc1NS(=O)(=O)c1ccc(C(=O)NCC2CCS(=O)(=O)C2)cc1. The Morgan fingerprint density at radius 3 is 2.45 bits per heavy atom. The van der Waals surface area contributed by atoms with Crippen LogP contribution in [0.4, 0.5) is 5.69 Å². The van der Waals surface area contributed by atoms with Crippen LogP contribution >= 0.6 is 0 Å². The van der Waals surface area contributed by atoms with Crippen molar-refractivity contribution >= 4 is 31.5 Å². The molecule has 8 nitrogen and oxygen atoms in total. The second-order valence-corrected chi connectivity index (χ2v) is 10.7. The first-order valence-corrected chi connectivity index (χ1v) is 12.3. The minimum absolute atomic E-state index is 0.00171. The lowest BCUT2D eigenvalue weighted by atomic mass is 10.1. The molecule has 0 bridgehead atoms. The van der Waals surface area contributed by atoms with Gasteiger partial charge < -0.3 is 10.1 Å². The Kier molecular flexibility index (Phi) is 6.13. The van der Waals surface area contributed by atoms with Crippen molar-refractivity contribution in [2.45, 2.75) is 11.3 Å². The maximum atomic E-state index is 12.6. The smallest absolute Gasteiger partial charge is 0.262 e. The fourth-order valence-corrected chi connectivity index (χ4v) is 6.02. The van der Waals surface area contributed by atoms with E-state index in [0.717, 1.165) is 0 Å². The predicted octanol–water partition coefficient (Wildman–Crippen LogP) is 1.66. The summed E-state index contributed by atoms with van der Waals surface area (Å²) in [5, 5.41) is 2.71. The number of ether oxygens (including phenoxy) is 1. The largest absolute Gasteiger partial charge is 0.495 e. The molecule has 3 rings (SSSR count). The molecular weight excluding hydrogens is 416 g/mol. The van der Waals surface area contributed by atoms with Gasteiger partial charge in [-0.25, -0.2) is 16.8 Å². The number of amides is 1. The van der Waals surface area contributed by atoms with Crippen LogP contribution in [-0.2, 0) is 19.9 Å². The summed E-state index contributed by atoms with van der Waals surface area (Å²) in [6, 6.07) is 12.1. The van der Waals surface area contributed by atoms with Gasteiger partial charge in [-0.1, -0.05) is 12.1 Å². The molecule has 2 aromatic rings. The molecule has 10 heteroatoms. The summed E-state index contributed by atoms with van der Waals surface area (Å²) in [5.41, 5.74) is 0.602. The highest BCUT2D eigenvalue weighted by Gasteiger charge is 2.28. The number of sulfonamides is 1. The Bertz CT molecular complexity index is 1100. The van der Waals surface area contributed by atoms with E-state index >= 15 is 0 Å². The standard InChI is InChI=1S/C19H22N2O6S2/c1-27-18-5-3-2-4-17(18)21-29(25,26)16-8-6-15(7-9-16)19(22)20-12-14-10-11-28(23,24)13-14/h2-9,14,21H,10-13H2,1H3,(H,20,22). The Labute approximate surface area is 170 Å². The maximum Gasteiger partial charge on any atom is 0.262 e. The van der Waals surface area contributed by atoms with Gasteiger partial charge in [0.15, 0.2) is 9.84 Å². The summed E-state index contributed by atoms with van der Waals surface area (Å²) < 4.78 is 55.7. The van der Waals surface area contributed by atoms with Crippen molar-refractivity contribution in [1.29, 1.82) is 0 Å². The number of hydrogen-bond acceptors (Lipinski definition) is 6. The zero-order valence-electron chi connectivity index (χ0n) is 15.8. The number of nitrogens with one attached hydrogen (secondary N) is 2. The molecule has 1 aliphatic heterocycles. The van der Waals surface area contributed by atoms with Crippen LogP contribution in [-0.4, -0.2) is 47.9 Å². The van der Waals surface area contributed by atoms with Gasteiger partial charge in [-0.3, -0.25) is 9.52 Å². The minimum Gasteiger partial charge on any atom is -0.495 e. The number of sulfone groups is 1. The third kappa shape index (κ3) is 5.27. The molecule has 1 aliphatic rings. The molecule has 1 saturated heterocycles. The van der Waals surface area contributed by atoms with Gasteiger partial charge in [-0.15, -0.1) is 0 Å². The van der Waals surface area contributed by atoms with Crippen LogP contribution in [0.1, 0.15) is 16.8 Å². The van der Waals surface area contributed by atoms with Crippen LogP contribution in [0.3, 0.4) is 0 Å². The molecular formula is C19H22N2O6S2.